The van der Waals surface area contributed by atoms with E-state index in [0.717, 1.165) is 0 Å². The number of nitrogens with zero attached hydrogens (tertiary/aromatic N) is 1. The zero-order valence-corrected chi connectivity index (χ0v) is 14.2. The second-order valence-corrected chi connectivity index (χ2v) is 11.9. The summed E-state index contributed by atoms with van der Waals surface area (Å²) >= 11 is 0. The number of rotatable bonds is 4. The molecule has 4 nitrogen and oxygen atoms in total. The molecule has 1 rings (SSSR count). The number of likely N-dealkylation sites (tertiary alicyclic amines) is 1. The van der Waals surface area contributed by atoms with E-state index in [1.165, 1.54) is 0 Å². The molecule has 1 saturated heterocycles. The summed E-state index contributed by atoms with van der Waals surface area (Å²) in [6.45, 7) is 12.5. The molecule has 0 aliphatic carbocycles. The Morgan fingerprint density at radius 2 is 1.95 bits per heavy atom. The van der Waals surface area contributed by atoms with Crippen molar-refractivity contribution in [3.8, 4) is 0 Å². The number of ketones is 1. The molecule has 0 saturated carbocycles. The van der Waals surface area contributed by atoms with Gasteiger partial charge in [-0.1, -0.05) is 20.8 Å². The largest absolute Gasteiger partial charge is 0.411 e. The lowest BCUT2D eigenvalue weighted by molar-refractivity contribution is -0.128. The van der Waals surface area contributed by atoms with Gasteiger partial charge in [0.15, 0.2) is 8.32 Å². The molecule has 110 valence electrons. The summed E-state index contributed by atoms with van der Waals surface area (Å²) < 4.78 is 6.34. The van der Waals surface area contributed by atoms with Crippen molar-refractivity contribution < 1.29 is 14.0 Å². The minimum atomic E-state index is -1.91. The van der Waals surface area contributed by atoms with Crippen molar-refractivity contribution in [3.63, 3.8) is 0 Å². The number of carbonyl (C=O) groups is 2. The van der Waals surface area contributed by atoms with Crippen molar-refractivity contribution in [1.82, 2.24) is 4.90 Å². The molecule has 0 N–H and O–H groups in total. The van der Waals surface area contributed by atoms with Crippen LogP contribution in [0, 0.1) is 0 Å². The van der Waals surface area contributed by atoms with Crippen molar-refractivity contribution in [2.45, 2.75) is 70.8 Å². The van der Waals surface area contributed by atoms with E-state index in [0.29, 0.717) is 12.8 Å². The quantitative estimate of drug-likeness (QED) is 0.746. The van der Waals surface area contributed by atoms with Crippen LogP contribution in [0.25, 0.3) is 0 Å². The van der Waals surface area contributed by atoms with Crippen LogP contribution < -0.4 is 0 Å². The van der Waals surface area contributed by atoms with Crippen LogP contribution in [0.1, 0.15) is 40.5 Å². The smallest absolute Gasteiger partial charge is 0.225 e. The molecule has 19 heavy (non-hydrogen) atoms. The lowest BCUT2D eigenvalue weighted by atomic mass is 10.1. The Labute approximate surface area is 117 Å². The summed E-state index contributed by atoms with van der Waals surface area (Å²) in [4.78, 5) is 24.9. The lowest BCUT2D eigenvalue weighted by Crippen LogP contribution is -2.47. The number of Topliss-reactive ketones (excluding diaryl/α,β-unsaturated/α-hetero) is 1. The van der Waals surface area contributed by atoms with Gasteiger partial charge < -0.3 is 9.33 Å². The fourth-order valence-corrected chi connectivity index (χ4v) is 3.48. The first-order valence-electron chi connectivity index (χ1n) is 6.88. The Morgan fingerprint density at radius 3 is 2.37 bits per heavy atom. The third-order valence-corrected chi connectivity index (χ3v) is 8.95. The number of amides is 1. The first-order valence-corrected chi connectivity index (χ1v) is 9.79. The van der Waals surface area contributed by atoms with Gasteiger partial charge in [0.05, 0.1) is 18.6 Å². The van der Waals surface area contributed by atoms with Gasteiger partial charge in [-0.15, -0.1) is 0 Å². The van der Waals surface area contributed by atoms with E-state index in [9.17, 15) is 9.59 Å². The Balaban J connectivity index is 2.86. The SMILES string of the molecule is CC(=O)C[C@H]1[C@H](O[Si](C)(C)C(C)(C)C)CC(=O)N1C. The first-order chi connectivity index (χ1) is 8.45. The number of likely N-dealkylation sites (N-methyl/N-ethyl adjacent to an activating group) is 1. The van der Waals surface area contributed by atoms with Crippen LogP contribution in [0.4, 0.5) is 0 Å². The fraction of sp³-hybridized carbons (Fsp3) is 0.857. The highest BCUT2D eigenvalue weighted by Gasteiger charge is 2.45. The van der Waals surface area contributed by atoms with Crippen molar-refractivity contribution in [2.75, 3.05) is 7.05 Å². The molecular formula is C14H27NO3Si. The Bertz CT molecular complexity index is 373. The predicted molar refractivity (Wildman–Crippen MR) is 78.5 cm³/mol. The Kier molecular flexibility index (Phi) is 4.62. The number of hydrogen-bond donors (Lipinski definition) is 0. The van der Waals surface area contributed by atoms with E-state index < -0.39 is 8.32 Å². The van der Waals surface area contributed by atoms with Gasteiger partial charge in [-0.2, -0.15) is 0 Å². The molecule has 0 unspecified atom stereocenters. The van der Waals surface area contributed by atoms with Gasteiger partial charge in [0, 0.05) is 13.5 Å². The maximum Gasteiger partial charge on any atom is 0.225 e. The summed E-state index contributed by atoms with van der Waals surface area (Å²) in [5, 5.41) is 0.109. The maximum atomic E-state index is 11.9. The first kappa shape index (κ1) is 16.4. The summed E-state index contributed by atoms with van der Waals surface area (Å²) in [6.07, 6.45) is 0.657. The van der Waals surface area contributed by atoms with Crippen LogP contribution in [0.15, 0.2) is 0 Å². The van der Waals surface area contributed by atoms with Crippen LogP contribution >= 0.6 is 0 Å². The molecule has 0 bridgehead atoms. The summed E-state index contributed by atoms with van der Waals surface area (Å²) in [5.41, 5.74) is 0. The van der Waals surface area contributed by atoms with Crippen molar-refractivity contribution in [2.24, 2.45) is 0 Å². The van der Waals surface area contributed by atoms with E-state index in [-0.39, 0.29) is 28.9 Å². The highest BCUT2D eigenvalue weighted by atomic mass is 28.4. The third kappa shape index (κ3) is 3.66. The van der Waals surface area contributed by atoms with Crippen molar-refractivity contribution >= 4 is 20.0 Å². The summed E-state index contributed by atoms with van der Waals surface area (Å²) in [6, 6.07) is -0.0980. The monoisotopic (exact) mass is 285 g/mol. The highest BCUT2D eigenvalue weighted by Crippen LogP contribution is 2.39. The molecule has 1 amide bonds. The Morgan fingerprint density at radius 1 is 1.42 bits per heavy atom. The van der Waals surface area contributed by atoms with E-state index in [2.05, 4.69) is 33.9 Å². The molecule has 0 aromatic heterocycles. The van der Waals surface area contributed by atoms with E-state index in [4.69, 9.17) is 4.43 Å². The average molecular weight is 285 g/mol. The zero-order valence-electron chi connectivity index (χ0n) is 13.2. The van der Waals surface area contributed by atoms with Gasteiger partial charge in [-0.25, -0.2) is 0 Å². The maximum absolute atomic E-state index is 11.9. The molecule has 1 aliphatic rings. The average Bonchev–Trinajstić information content (AvgIpc) is 2.43. The summed E-state index contributed by atoms with van der Waals surface area (Å²) in [7, 11) is -0.143. The standard InChI is InChI=1S/C14H27NO3Si/c1-10(16)8-11-12(9-13(17)15(11)5)18-19(6,7)14(2,3)4/h11-12H,8-9H2,1-7H3/t11-,12+/m0/s1. The molecule has 2 atom stereocenters. The van der Waals surface area contributed by atoms with Crippen LogP contribution in [0.2, 0.25) is 18.1 Å². The second-order valence-electron chi connectivity index (χ2n) is 7.10. The molecule has 0 radical (unpaired) electrons. The van der Waals surface area contributed by atoms with Crippen molar-refractivity contribution in [3.05, 3.63) is 0 Å². The molecule has 5 heteroatoms. The van der Waals surface area contributed by atoms with E-state index in [1.54, 1.807) is 18.9 Å². The van der Waals surface area contributed by atoms with Gasteiger partial charge in [0.1, 0.15) is 5.78 Å². The lowest BCUT2D eigenvalue weighted by Gasteiger charge is -2.39. The van der Waals surface area contributed by atoms with Gasteiger partial charge in [0.2, 0.25) is 5.91 Å². The minimum Gasteiger partial charge on any atom is -0.411 e. The molecule has 0 aromatic rings. The zero-order chi connectivity index (χ0) is 15.0. The molecule has 1 aliphatic heterocycles. The predicted octanol–water partition coefficient (Wildman–Crippen LogP) is 2.59. The number of hydrogen-bond acceptors (Lipinski definition) is 3. The van der Waals surface area contributed by atoms with Crippen LogP contribution in [-0.4, -0.2) is 44.1 Å². The topological polar surface area (TPSA) is 46.6 Å². The summed E-state index contributed by atoms with van der Waals surface area (Å²) in [5.74, 6) is 0.186. The van der Waals surface area contributed by atoms with E-state index in [1.807, 2.05) is 0 Å². The van der Waals surface area contributed by atoms with Crippen LogP contribution in [0.5, 0.6) is 0 Å². The van der Waals surface area contributed by atoms with Gasteiger partial charge in [-0.05, 0) is 25.1 Å². The van der Waals surface area contributed by atoms with Crippen LogP contribution in [0.3, 0.4) is 0 Å². The third-order valence-electron chi connectivity index (χ3n) is 4.44. The molecule has 0 aromatic carbocycles. The second kappa shape index (κ2) is 5.36. The number of carbonyl (C=O) groups excluding carboxylic acids is 2. The highest BCUT2D eigenvalue weighted by molar-refractivity contribution is 6.74. The fourth-order valence-electron chi connectivity index (χ4n) is 2.12. The molecule has 1 fully saturated rings. The normalized spacial score (nSPS) is 25.0. The van der Waals surface area contributed by atoms with Crippen molar-refractivity contribution in [1.29, 1.82) is 0 Å². The Hall–Kier alpha value is -0.683. The van der Waals surface area contributed by atoms with E-state index >= 15 is 0 Å². The van der Waals surface area contributed by atoms with Gasteiger partial charge in [0.25, 0.3) is 0 Å². The molecule has 0 spiro atoms. The van der Waals surface area contributed by atoms with Crippen LogP contribution in [-0.2, 0) is 14.0 Å². The van der Waals surface area contributed by atoms with Gasteiger partial charge in [-0.3, -0.25) is 9.59 Å². The minimum absolute atomic E-state index is 0.0787. The van der Waals surface area contributed by atoms with Gasteiger partial charge >= 0.3 is 0 Å². The molecule has 1 heterocycles. The molecular weight excluding hydrogens is 258 g/mol.